The molecule has 25 heavy (non-hydrogen) atoms. The standard InChI is InChI=1S/C19H28O6/c20-16(14-3-7-18(11-14)5-1-9-24-18)22-13-23-17(21)15-4-8-19(12-15)6-2-10-25-19/h14-15H,1-13H2. The fraction of sp³-hybridized carbons (Fsp3) is 0.895. The van der Waals surface area contributed by atoms with Crippen LogP contribution < -0.4 is 0 Å². The summed E-state index contributed by atoms with van der Waals surface area (Å²) < 4.78 is 22.1. The Morgan fingerprint density at radius 3 is 1.68 bits per heavy atom. The van der Waals surface area contributed by atoms with Gasteiger partial charge in [-0.2, -0.15) is 0 Å². The first-order valence-electron chi connectivity index (χ1n) is 9.71. The molecule has 4 aliphatic rings. The lowest BCUT2D eigenvalue weighted by Crippen LogP contribution is -2.27. The summed E-state index contributed by atoms with van der Waals surface area (Å²) in [7, 11) is 0. The first kappa shape index (κ1) is 17.3. The third-order valence-electron chi connectivity index (χ3n) is 6.57. The normalized spacial score (nSPS) is 40.2. The number of hydrogen-bond donors (Lipinski definition) is 0. The van der Waals surface area contributed by atoms with Crippen LogP contribution in [0.3, 0.4) is 0 Å². The molecule has 6 heteroatoms. The lowest BCUT2D eigenvalue weighted by Gasteiger charge is -2.22. The Morgan fingerprint density at radius 2 is 1.28 bits per heavy atom. The van der Waals surface area contributed by atoms with Gasteiger partial charge in [-0.1, -0.05) is 0 Å². The Morgan fingerprint density at radius 1 is 0.800 bits per heavy atom. The minimum Gasteiger partial charge on any atom is -0.428 e. The van der Waals surface area contributed by atoms with Crippen molar-refractivity contribution in [3.8, 4) is 0 Å². The minimum absolute atomic E-state index is 0.0974. The molecular formula is C19H28O6. The first-order chi connectivity index (χ1) is 12.1. The number of carbonyl (C=O) groups excluding carboxylic acids is 2. The predicted octanol–water partition coefficient (Wildman–Crippen LogP) is 2.73. The fourth-order valence-corrected chi connectivity index (χ4v) is 5.19. The molecule has 4 unspecified atom stereocenters. The highest BCUT2D eigenvalue weighted by Crippen LogP contribution is 2.45. The molecule has 2 aliphatic carbocycles. The van der Waals surface area contributed by atoms with E-state index in [9.17, 15) is 9.59 Å². The second-order valence-corrected chi connectivity index (χ2v) is 8.19. The highest BCUT2D eigenvalue weighted by atomic mass is 16.7. The Hall–Kier alpha value is -1.14. The molecule has 4 atom stereocenters. The van der Waals surface area contributed by atoms with Crippen molar-refractivity contribution in [2.24, 2.45) is 11.8 Å². The zero-order valence-electron chi connectivity index (χ0n) is 14.8. The summed E-state index contributed by atoms with van der Waals surface area (Å²) in [6.07, 6.45) is 9.16. The van der Waals surface area contributed by atoms with Gasteiger partial charge in [0, 0.05) is 13.2 Å². The highest BCUT2D eigenvalue weighted by Gasteiger charge is 2.46. The molecule has 2 saturated heterocycles. The van der Waals surface area contributed by atoms with Gasteiger partial charge >= 0.3 is 11.9 Å². The Labute approximate surface area is 148 Å². The van der Waals surface area contributed by atoms with E-state index in [2.05, 4.69) is 0 Å². The van der Waals surface area contributed by atoms with E-state index in [-0.39, 0.29) is 41.8 Å². The molecule has 0 bridgehead atoms. The zero-order valence-corrected chi connectivity index (χ0v) is 14.8. The van der Waals surface area contributed by atoms with Crippen LogP contribution in [-0.4, -0.2) is 43.1 Å². The summed E-state index contributed by atoms with van der Waals surface area (Å²) in [6.45, 7) is 1.32. The van der Waals surface area contributed by atoms with Crippen LogP contribution in [0, 0.1) is 11.8 Å². The van der Waals surface area contributed by atoms with Crippen LogP contribution in [0.25, 0.3) is 0 Å². The molecule has 6 nitrogen and oxygen atoms in total. The average Bonchev–Trinajstić information content (AvgIpc) is 3.40. The van der Waals surface area contributed by atoms with E-state index in [1.807, 2.05) is 0 Å². The average molecular weight is 352 g/mol. The maximum atomic E-state index is 12.2. The van der Waals surface area contributed by atoms with Crippen molar-refractivity contribution in [3.63, 3.8) is 0 Å². The second-order valence-electron chi connectivity index (χ2n) is 8.19. The van der Waals surface area contributed by atoms with Gasteiger partial charge in [0.05, 0.1) is 23.0 Å². The van der Waals surface area contributed by atoms with Crippen LogP contribution in [0.5, 0.6) is 0 Å². The van der Waals surface area contributed by atoms with Crippen LogP contribution in [0.4, 0.5) is 0 Å². The molecule has 2 aliphatic heterocycles. The monoisotopic (exact) mass is 352 g/mol. The van der Waals surface area contributed by atoms with Crippen molar-refractivity contribution in [1.82, 2.24) is 0 Å². The Balaban J connectivity index is 1.18. The van der Waals surface area contributed by atoms with Crippen LogP contribution in [-0.2, 0) is 28.5 Å². The van der Waals surface area contributed by atoms with Crippen LogP contribution in [0.1, 0.15) is 64.2 Å². The van der Waals surface area contributed by atoms with Crippen molar-refractivity contribution >= 4 is 11.9 Å². The van der Waals surface area contributed by atoms with Gasteiger partial charge in [-0.05, 0) is 64.2 Å². The Kier molecular flexibility index (Phi) is 4.75. The van der Waals surface area contributed by atoms with E-state index in [0.717, 1.165) is 77.4 Å². The van der Waals surface area contributed by atoms with Gasteiger partial charge in [0.25, 0.3) is 0 Å². The maximum Gasteiger partial charge on any atom is 0.311 e. The first-order valence-corrected chi connectivity index (χ1v) is 9.71. The third-order valence-corrected chi connectivity index (χ3v) is 6.57. The van der Waals surface area contributed by atoms with Crippen molar-refractivity contribution in [1.29, 1.82) is 0 Å². The summed E-state index contributed by atoms with van der Waals surface area (Å²) in [4.78, 5) is 24.4. The predicted molar refractivity (Wildman–Crippen MR) is 87.6 cm³/mol. The van der Waals surface area contributed by atoms with E-state index >= 15 is 0 Å². The van der Waals surface area contributed by atoms with Gasteiger partial charge in [0.1, 0.15) is 0 Å². The fourth-order valence-electron chi connectivity index (χ4n) is 5.19. The van der Waals surface area contributed by atoms with Crippen LogP contribution >= 0.6 is 0 Å². The van der Waals surface area contributed by atoms with Crippen LogP contribution in [0.15, 0.2) is 0 Å². The second kappa shape index (κ2) is 6.88. The van der Waals surface area contributed by atoms with Gasteiger partial charge in [0.15, 0.2) is 0 Å². The molecule has 140 valence electrons. The molecule has 4 rings (SSSR count). The molecule has 4 fully saturated rings. The summed E-state index contributed by atoms with van der Waals surface area (Å²) in [5.74, 6) is -0.777. The molecule has 0 aromatic carbocycles. The van der Waals surface area contributed by atoms with Gasteiger partial charge in [-0.15, -0.1) is 0 Å². The van der Waals surface area contributed by atoms with Crippen molar-refractivity contribution in [3.05, 3.63) is 0 Å². The number of rotatable bonds is 4. The van der Waals surface area contributed by atoms with Crippen molar-refractivity contribution < 1.29 is 28.5 Å². The topological polar surface area (TPSA) is 71.1 Å². The molecule has 0 aromatic heterocycles. The highest BCUT2D eigenvalue weighted by molar-refractivity contribution is 5.74. The molecule has 0 amide bonds. The molecule has 2 spiro atoms. The number of ether oxygens (including phenoxy) is 4. The quantitative estimate of drug-likeness (QED) is 0.572. The third kappa shape index (κ3) is 3.56. The molecule has 0 N–H and O–H groups in total. The number of esters is 2. The summed E-state index contributed by atoms with van der Waals surface area (Å²) in [5.41, 5.74) is -0.195. The lowest BCUT2D eigenvalue weighted by atomic mass is 9.97. The van der Waals surface area contributed by atoms with E-state index in [1.54, 1.807) is 0 Å². The SMILES string of the molecule is O=C(OCOC(=O)C1CCC2(CCCO2)C1)C1CCC2(CCCO2)C1. The van der Waals surface area contributed by atoms with Gasteiger partial charge in [0.2, 0.25) is 6.79 Å². The summed E-state index contributed by atoms with van der Waals surface area (Å²) in [5, 5.41) is 0. The van der Waals surface area contributed by atoms with Gasteiger partial charge in [-0.3, -0.25) is 9.59 Å². The molecule has 2 saturated carbocycles. The van der Waals surface area contributed by atoms with E-state index in [0.29, 0.717) is 0 Å². The minimum atomic E-state index is -0.271. The Bertz CT molecular complexity index is 472. The largest absolute Gasteiger partial charge is 0.428 e. The number of hydrogen-bond acceptors (Lipinski definition) is 6. The number of carbonyl (C=O) groups is 2. The molecule has 0 radical (unpaired) electrons. The van der Waals surface area contributed by atoms with Crippen molar-refractivity contribution in [2.75, 3.05) is 20.0 Å². The van der Waals surface area contributed by atoms with Crippen LogP contribution in [0.2, 0.25) is 0 Å². The summed E-state index contributed by atoms with van der Waals surface area (Å²) >= 11 is 0. The lowest BCUT2D eigenvalue weighted by molar-refractivity contribution is -0.173. The zero-order chi connectivity index (χ0) is 17.3. The molecule has 0 aromatic rings. The van der Waals surface area contributed by atoms with Gasteiger partial charge in [-0.25, -0.2) is 0 Å². The van der Waals surface area contributed by atoms with E-state index in [4.69, 9.17) is 18.9 Å². The molecule has 2 heterocycles. The molecular weight excluding hydrogens is 324 g/mol. The van der Waals surface area contributed by atoms with E-state index in [1.165, 1.54) is 0 Å². The summed E-state index contributed by atoms with van der Waals surface area (Å²) in [6, 6.07) is 0. The van der Waals surface area contributed by atoms with Gasteiger partial charge < -0.3 is 18.9 Å². The van der Waals surface area contributed by atoms with E-state index < -0.39 is 0 Å². The smallest absolute Gasteiger partial charge is 0.311 e. The van der Waals surface area contributed by atoms with Crippen molar-refractivity contribution in [2.45, 2.75) is 75.4 Å². The maximum absolute atomic E-state index is 12.2.